The molecular weight excluding hydrogens is 376 g/mol. The molecule has 5 heteroatoms. The van der Waals surface area contributed by atoms with Crippen LogP contribution in [0.5, 0.6) is 11.5 Å². The number of piperazine rings is 1. The third kappa shape index (κ3) is 3.82. The summed E-state index contributed by atoms with van der Waals surface area (Å²) >= 11 is 0. The largest absolute Gasteiger partial charge is 0.454 e. The minimum Gasteiger partial charge on any atom is -0.454 e. The summed E-state index contributed by atoms with van der Waals surface area (Å²) in [4.78, 5) is 5.24. The van der Waals surface area contributed by atoms with Crippen molar-refractivity contribution in [3.8, 4) is 11.5 Å². The van der Waals surface area contributed by atoms with Crippen LogP contribution in [0.15, 0.2) is 48.5 Å². The fourth-order valence-electron chi connectivity index (χ4n) is 5.35. The molecule has 2 aliphatic heterocycles. The maximum atomic E-state index is 11.3. The molecule has 1 N–H and O–H groups in total. The van der Waals surface area contributed by atoms with Crippen molar-refractivity contribution in [2.75, 3.05) is 33.0 Å². The minimum absolute atomic E-state index is 0.272. The van der Waals surface area contributed by atoms with Crippen LogP contribution < -0.4 is 9.47 Å². The van der Waals surface area contributed by atoms with Crippen LogP contribution in [-0.2, 0) is 5.60 Å². The van der Waals surface area contributed by atoms with Crippen molar-refractivity contribution in [2.45, 2.75) is 50.3 Å². The molecule has 1 aliphatic carbocycles. The third-order valence-corrected chi connectivity index (χ3v) is 7.39. The van der Waals surface area contributed by atoms with E-state index in [1.54, 1.807) is 0 Å². The van der Waals surface area contributed by atoms with Gasteiger partial charge in [-0.1, -0.05) is 36.4 Å². The van der Waals surface area contributed by atoms with Gasteiger partial charge in [0.1, 0.15) is 0 Å². The highest BCUT2D eigenvalue weighted by Gasteiger charge is 2.38. The van der Waals surface area contributed by atoms with E-state index in [-0.39, 0.29) is 6.79 Å². The molecule has 5 nitrogen and oxygen atoms in total. The predicted molar refractivity (Wildman–Crippen MR) is 117 cm³/mol. The lowest BCUT2D eigenvalue weighted by molar-refractivity contribution is -0.0336. The van der Waals surface area contributed by atoms with E-state index >= 15 is 0 Å². The van der Waals surface area contributed by atoms with Crippen LogP contribution >= 0.6 is 0 Å². The Labute approximate surface area is 179 Å². The molecule has 2 heterocycles. The number of aliphatic hydroxyl groups is 1. The Hall–Kier alpha value is -2.08. The second-order valence-corrected chi connectivity index (χ2v) is 8.99. The van der Waals surface area contributed by atoms with Gasteiger partial charge in [0.05, 0.1) is 5.60 Å². The lowest BCUT2D eigenvalue weighted by atomic mass is 9.77. The minimum atomic E-state index is -0.749. The Bertz CT molecular complexity index is 856. The van der Waals surface area contributed by atoms with Crippen molar-refractivity contribution in [2.24, 2.45) is 0 Å². The second kappa shape index (κ2) is 8.22. The summed E-state index contributed by atoms with van der Waals surface area (Å²) in [6, 6.07) is 17.7. The molecule has 0 radical (unpaired) electrons. The van der Waals surface area contributed by atoms with Crippen LogP contribution in [0.25, 0.3) is 0 Å². The van der Waals surface area contributed by atoms with Crippen LogP contribution in [0, 0.1) is 0 Å². The molecule has 160 valence electrons. The lowest BCUT2D eigenvalue weighted by Gasteiger charge is -2.45. The van der Waals surface area contributed by atoms with Gasteiger partial charge in [-0.05, 0) is 55.9 Å². The first-order chi connectivity index (χ1) is 14.6. The quantitative estimate of drug-likeness (QED) is 0.831. The molecular formula is C25H32N2O3. The number of nitrogens with zero attached hydrogens (tertiary/aromatic N) is 2. The molecule has 30 heavy (non-hydrogen) atoms. The summed E-state index contributed by atoms with van der Waals surface area (Å²) in [6.45, 7) is 7.04. The molecule has 3 aliphatic rings. The van der Waals surface area contributed by atoms with Crippen molar-refractivity contribution in [1.29, 1.82) is 0 Å². The maximum absolute atomic E-state index is 11.3. The first-order valence-corrected chi connectivity index (χ1v) is 11.3. The Morgan fingerprint density at radius 1 is 0.933 bits per heavy atom. The van der Waals surface area contributed by atoms with Crippen LogP contribution in [-0.4, -0.2) is 53.9 Å². The molecule has 1 unspecified atom stereocenters. The molecule has 1 saturated carbocycles. The van der Waals surface area contributed by atoms with E-state index in [0.717, 1.165) is 68.9 Å². The van der Waals surface area contributed by atoms with Crippen LogP contribution in [0.4, 0.5) is 0 Å². The number of hydrogen-bond donors (Lipinski definition) is 1. The molecule has 2 fully saturated rings. The number of ether oxygens (including phenoxy) is 2. The zero-order valence-corrected chi connectivity index (χ0v) is 17.8. The molecule has 0 spiro atoms. The molecule has 0 bridgehead atoms. The van der Waals surface area contributed by atoms with Gasteiger partial charge >= 0.3 is 0 Å². The Balaban J connectivity index is 1.16. The maximum Gasteiger partial charge on any atom is 0.231 e. The number of benzene rings is 2. The van der Waals surface area contributed by atoms with Crippen LogP contribution in [0.3, 0.4) is 0 Å². The molecule has 1 atom stereocenters. The molecule has 0 amide bonds. The highest BCUT2D eigenvalue weighted by molar-refractivity contribution is 5.46. The first-order valence-electron chi connectivity index (χ1n) is 11.3. The van der Waals surface area contributed by atoms with Crippen molar-refractivity contribution < 1.29 is 14.6 Å². The standard InChI is InChI=1S/C25H32N2O3/c1-19(20-5-3-2-4-6-20)26-13-15-27(16-14-26)22-9-11-25(28,12-10-22)21-7-8-23-24(17-21)30-18-29-23/h2-8,17,19,22,28H,9-16,18H2,1H3. The smallest absolute Gasteiger partial charge is 0.231 e. The SMILES string of the molecule is CC(c1ccccc1)N1CCN(C2CCC(O)(c3ccc4c(c3)OCO4)CC2)CC1. The van der Waals surface area contributed by atoms with Gasteiger partial charge in [0.2, 0.25) is 6.79 Å². The Morgan fingerprint density at radius 3 is 2.37 bits per heavy atom. The van der Waals surface area contributed by atoms with Crippen molar-refractivity contribution in [3.63, 3.8) is 0 Å². The van der Waals surface area contributed by atoms with Gasteiger partial charge in [-0.15, -0.1) is 0 Å². The zero-order valence-electron chi connectivity index (χ0n) is 17.8. The topological polar surface area (TPSA) is 45.2 Å². The average molecular weight is 409 g/mol. The highest BCUT2D eigenvalue weighted by Crippen LogP contribution is 2.42. The summed E-state index contributed by atoms with van der Waals surface area (Å²) in [6.07, 6.45) is 3.69. The van der Waals surface area contributed by atoms with Crippen LogP contribution in [0.1, 0.15) is 49.8 Å². The summed E-state index contributed by atoms with van der Waals surface area (Å²) in [5.74, 6) is 1.53. The molecule has 2 aromatic rings. The average Bonchev–Trinajstić information content (AvgIpc) is 3.28. The van der Waals surface area contributed by atoms with E-state index in [9.17, 15) is 5.11 Å². The summed E-state index contributed by atoms with van der Waals surface area (Å²) in [5, 5.41) is 11.3. The van der Waals surface area contributed by atoms with Gasteiger partial charge in [-0.3, -0.25) is 9.80 Å². The fraction of sp³-hybridized carbons (Fsp3) is 0.520. The predicted octanol–water partition coefficient (Wildman–Crippen LogP) is 3.92. The third-order valence-electron chi connectivity index (χ3n) is 7.39. The van der Waals surface area contributed by atoms with Crippen molar-refractivity contribution >= 4 is 0 Å². The zero-order chi connectivity index (χ0) is 20.6. The van der Waals surface area contributed by atoms with Gasteiger partial charge in [0, 0.05) is 38.3 Å². The molecule has 2 aromatic carbocycles. The summed E-state index contributed by atoms with van der Waals surface area (Å²) in [7, 11) is 0. The monoisotopic (exact) mass is 408 g/mol. The van der Waals surface area contributed by atoms with E-state index in [2.05, 4.69) is 47.1 Å². The van der Waals surface area contributed by atoms with E-state index in [0.29, 0.717) is 12.1 Å². The lowest BCUT2D eigenvalue weighted by Crippen LogP contribution is -2.52. The molecule has 5 rings (SSSR count). The Kier molecular flexibility index (Phi) is 5.44. The Morgan fingerprint density at radius 2 is 1.63 bits per heavy atom. The number of hydrogen-bond acceptors (Lipinski definition) is 5. The van der Waals surface area contributed by atoms with Crippen molar-refractivity contribution in [3.05, 3.63) is 59.7 Å². The van der Waals surface area contributed by atoms with E-state index < -0.39 is 5.60 Å². The number of rotatable bonds is 4. The normalized spacial score (nSPS) is 28.4. The highest BCUT2D eigenvalue weighted by atomic mass is 16.7. The van der Waals surface area contributed by atoms with Crippen molar-refractivity contribution in [1.82, 2.24) is 9.80 Å². The summed E-state index contributed by atoms with van der Waals surface area (Å²) in [5.41, 5.74) is 1.62. The van der Waals surface area contributed by atoms with Gasteiger partial charge in [-0.2, -0.15) is 0 Å². The van der Waals surface area contributed by atoms with Gasteiger partial charge in [0.25, 0.3) is 0 Å². The second-order valence-electron chi connectivity index (χ2n) is 8.99. The molecule has 1 saturated heterocycles. The first kappa shape index (κ1) is 19.9. The van der Waals surface area contributed by atoms with E-state index in [1.165, 1.54) is 5.56 Å². The van der Waals surface area contributed by atoms with Crippen LogP contribution in [0.2, 0.25) is 0 Å². The van der Waals surface area contributed by atoms with E-state index in [1.807, 2.05) is 18.2 Å². The van der Waals surface area contributed by atoms with Gasteiger partial charge < -0.3 is 14.6 Å². The van der Waals surface area contributed by atoms with Gasteiger partial charge in [-0.25, -0.2) is 0 Å². The fourth-order valence-corrected chi connectivity index (χ4v) is 5.35. The molecule has 0 aromatic heterocycles. The van der Waals surface area contributed by atoms with Gasteiger partial charge in [0.15, 0.2) is 11.5 Å². The van der Waals surface area contributed by atoms with E-state index in [4.69, 9.17) is 9.47 Å². The summed E-state index contributed by atoms with van der Waals surface area (Å²) < 4.78 is 10.9. The number of fused-ring (bicyclic) bond motifs is 1.